The zero-order valence-electron chi connectivity index (χ0n) is 15.3. The number of fused-ring (bicyclic) bond motifs is 1. The fourth-order valence-electron chi connectivity index (χ4n) is 3.09. The highest BCUT2D eigenvalue weighted by molar-refractivity contribution is 6.09. The summed E-state index contributed by atoms with van der Waals surface area (Å²) in [6.07, 6.45) is 5.24. The number of aromatic nitrogens is 4. The van der Waals surface area contributed by atoms with E-state index in [9.17, 15) is 4.79 Å². The monoisotopic (exact) mass is 365 g/mol. The van der Waals surface area contributed by atoms with Gasteiger partial charge in [0.25, 0.3) is 11.8 Å². The Bertz CT molecular complexity index is 1010. The summed E-state index contributed by atoms with van der Waals surface area (Å²) in [6, 6.07) is 5.44. The molecule has 0 N–H and O–H groups in total. The van der Waals surface area contributed by atoms with E-state index in [1.807, 2.05) is 25.3 Å². The Morgan fingerprint density at radius 3 is 2.74 bits per heavy atom. The van der Waals surface area contributed by atoms with E-state index >= 15 is 0 Å². The van der Waals surface area contributed by atoms with Crippen molar-refractivity contribution in [1.29, 1.82) is 0 Å². The largest absolute Gasteiger partial charge is 0.491 e. The average molecular weight is 365 g/mol. The Kier molecular flexibility index (Phi) is 4.23. The number of pyridine rings is 2. The first-order valence-corrected chi connectivity index (χ1v) is 8.57. The number of amides is 1. The molecule has 1 aliphatic heterocycles. The Hall–Kier alpha value is -3.42. The molecule has 0 radical (unpaired) electrons. The maximum atomic E-state index is 12.7. The third-order valence-electron chi connectivity index (χ3n) is 4.54. The molecule has 1 aliphatic rings. The zero-order chi connectivity index (χ0) is 19.0. The molecule has 0 fully saturated rings. The van der Waals surface area contributed by atoms with Gasteiger partial charge in [0.2, 0.25) is 0 Å². The fourth-order valence-corrected chi connectivity index (χ4v) is 3.09. The van der Waals surface area contributed by atoms with Crippen molar-refractivity contribution >= 4 is 11.6 Å². The van der Waals surface area contributed by atoms with Gasteiger partial charge in [-0.1, -0.05) is 0 Å². The Morgan fingerprint density at radius 2 is 2.04 bits per heavy atom. The number of anilines is 1. The van der Waals surface area contributed by atoms with E-state index in [0.717, 1.165) is 29.2 Å². The van der Waals surface area contributed by atoms with Crippen LogP contribution in [0.25, 0.3) is 11.3 Å². The lowest BCUT2D eigenvalue weighted by Gasteiger charge is -2.11. The summed E-state index contributed by atoms with van der Waals surface area (Å²) in [5.41, 5.74) is 3.63. The van der Waals surface area contributed by atoms with Gasteiger partial charge in [-0.05, 0) is 25.1 Å². The summed E-state index contributed by atoms with van der Waals surface area (Å²) < 4.78 is 12.3. The van der Waals surface area contributed by atoms with Gasteiger partial charge in [0.05, 0.1) is 49.6 Å². The van der Waals surface area contributed by atoms with Crippen molar-refractivity contribution in [2.75, 3.05) is 19.1 Å². The highest BCUT2D eigenvalue weighted by Gasteiger charge is 2.30. The molecule has 0 unspecified atom stereocenters. The molecule has 0 spiro atoms. The molecule has 4 rings (SSSR count). The summed E-state index contributed by atoms with van der Waals surface area (Å²) in [7, 11) is 3.10. The third kappa shape index (κ3) is 2.88. The van der Waals surface area contributed by atoms with Gasteiger partial charge in [-0.2, -0.15) is 5.10 Å². The van der Waals surface area contributed by atoms with Gasteiger partial charge in [-0.15, -0.1) is 0 Å². The number of methoxy groups -OCH3 is 2. The quantitative estimate of drug-likeness (QED) is 0.691. The lowest BCUT2D eigenvalue weighted by Crippen LogP contribution is -2.22. The van der Waals surface area contributed by atoms with Crippen LogP contribution in [-0.2, 0) is 13.1 Å². The Balaban J connectivity index is 1.66. The van der Waals surface area contributed by atoms with Gasteiger partial charge < -0.3 is 9.47 Å². The van der Waals surface area contributed by atoms with Crippen LogP contribution in [-0.4, -0.2) is 39.9 Å². The topological polar surface area (TPSA) is 82.4 Å². The summed E-state index contributed by atoms with van der Waals surface area (Å²) in [6.45, 7) is 3.17. The van der Waals surface area contributed by atoms with Crippen LogP contribution in [0.15, 0.2) is 36.8 Å². The molecule has 0 aliphatic carbocycles. The van der Waals surface area contributed by atoms with E-state index in [0.29, 0.717) is 23.7 Å². The van der Waals surface area contributed by atoms with Crippen LogP contribution in [0, 0.1) is 0 Å². The number of carbonyl (C=O) groups excluding carboxylic acids is 1. The van der Waals surface area contributed by atoms with Gasteiger partial charge in [0.1, 0.15) is 0 Å². The van der Waals surface area contributed by atoms with E-state index in [2.05, 4.69) is 15.1 Å². The van der Waals surface area contributed by atoms with Crippen LogP contribution >= 0.6 is 0 Å². The Morgan fingerprint density at radius 1 is 1.19 bits per heavy atom. The van der Waals surface area contributed by atoms with Gasteiger partial charge in [-0.3, -0.25) is 19.4 Å². The molecular formula is C19H19N5O3. The molecule has 0 aromatic carbocycles. The molecule has 0 atom stereocenters. The van der Waals surface area contributed by atoms with Crippen molar-refractivity contribution in [3.63, 3.8) is 0 Å². The van der Waals surface area contributed by atoms with Gasteiger partial charge >= 0.3 is 0 Å². The van der Waals surface area contributed by atoms with Crippen molar-refractivity contribution in [3.05, 3.63) is 48.0 Å². The van der Waals surface area contributed by atoms with E-state index in [-0.39, 0.29) is 5.91 Å². The highest BCUT2D eigenvalue weighted by Crippen LogP contribution is 2.32. The van der Waals surface area contributed by atoms with E-state index < -0.39 is 0 Å². The van der Waals surface area contributed by atoms with Gasteiger partial charge in [-0.25, -0.2) is 4.98 Å². The minimum absolute atomic E-state index is 0.0647. The maximum absolute atomic E-state index is 12.7. The van der Waals surface area contributed by atoms with Gasteiger partial charge in [0, 0.05) is 24.5 Å². The molecule has 1 amide bonds. The van der Waals surface area contributed by atoms with Crippen molar-refractivity contribution < 1.29 is 14.3 Å². The lowest BCUT2D eigenvalue weighted by atomic mass is 10.1. The summed E-state index contributed by atoms with van der Waals surface area (Å²) in [5.74, 6) is 0.879. The number of carbonyl (C=O) groups is 1. The molecule has 0 bridgehead atoms. The molecule has 27 heavy (non-hydrogen) atoms. The minimum Gasteiger partial charge on any atom is -0.491 e. The molecule has 3 aromatic rings. The van der Waals surface area contributed by atoms with E-state index in [1.165, 1.54) is 0 Å². The molecule has 0 saturated carbocycles. The number of rotatable bonds is 5. The predicted molar refractivity (Wildman–Crippen MR) is 99.0 cm³/mol. The van der Waals surface area contributed by atoms with Crippen LogP contribution < -0.4 is 14.4 Å². The zero-order valence-corrected chi connectivity index (χ0v) is 15.3. The minimum atomic E-state index is -0.0647. The first-order chi connectivity index (χ1) is 13.1. The van der Waals surface area contributed by atoms with E-state index in [4.69, 9.17) is 9.47 Å². The Labute approximate surface area is 156 Å². The van der Waals surface area contributed by atoms with Crippen LogP contribution in [0.1, 0.15) is 23.0 Å². The average Bonchev–Trinajstić information content (AvgIpc) is 3.31. The molecular weight excluding hydrogens is 346 g/mol. The van der Waals surface area contributed by atoms with Crippen molar-refractivity contribution in [2.45, 2.75) is 20.0 Å². The first-order valence-electron chi connectivity index (χ1n) is 8.57. The van der Waals surface area contributed by atoms with Crippen LogP contribution in [0.4, 0.5) is 5.69 Å². The third-order valence-corrected chi connectivity index (χ3v) is 4.54. The number of hydrogen-bond acceptors (Lipinski definition) is 6. The summed E-state index contributed by atoms with van der Waals surface area (Å²) >= 11 is 0. The van der Waals surface area contributed by atoms with Gasteiger partial charge in [0.15, 0.2) is 5.75 Å². The summed E-state index contributed by atoms with van der Waals surface area (Å²) in [5, 5.41) is 4.25. The molecule has 138 valence electrons. The number of ether oxygens (including phenoxy) is 2. The molecule has 4 heterocycles. The van der Waals surface area contributed by atoms with Crippen molar-refractivity contribution in [1.82, 2.24) is 19.7 Å². The molecule has 0 saturated heterocycles. The predicted octanol–water partition coefficient (Wildman–Crippen LogP) is 2.54. The normalized spacial score (nSPS) is 13.0. The van der Waals surface area contributed by atoms with Crippen LogP contribution in [0.3, 0.4) is 0 Å². The number of hydrogen-bond donors (Lipinski definition) is 0. The second-order valence-corrected chi connectivity index (χ2v) is 6.07. The van der Waals surface area contributed by atoms with Crippen molar-refractivity contribution in [2.24, 2.45) is 0 Å². The lowest BCUT2D eigenvalue weighted by molar-refractivity contribution is 0.0996. The maximum Gasteiger partial charge on any atom is 0.260 e. The SMILES string of the molecule is CCn1cc(N2Cc3nc(-c4cnc(OC)c(OC)c4)ccc3C2=O)cn1. The molecule has 8 heteroatoms. The van der Waals surface area contributed by atoms with Crippen molar-refractivity contribution in [3.8, 4) is 22.9 Å². The number of nitrogens with zero attached hydrogens (tertiary/aromatic N) is 5. The second kappa shape index (κ2) is 6.71. The highest BCUT2D eigenvalue weighted by atomic mass is 16.5. The molecule has 3 aromatic heterocycles. The number of aryl methyl sites for hydroxylation is 1. The smallest absolute Gasteiger partial charge is 0.260 e. The van der Waals surface area contributed by atoms with Crippen LogP contribution in [0.5, 0.6) is 11.6 Å². The standard InChI is InChI=1S/C19H19N5O3/c1-4-23-10-13(9-21-23)24-11-16-14(19(24)25)5-6-15(22-16)12-7-17(26-2)18(27-3)20-8-12/h5-10H,4,11H2,1-3H3. The fraction of sp³-hybridized carbons (Fsp3) is 0.263. The molecule has 8 nitrogen and oxygen atoms in total. The summed E-state index contributed by atoms with van der Waals surface area (Å²) in [4.78, 5) is 23.3. The van der Waals surface area contributed by atoms with Crippen LogP contribution in [0.2, 0.25) is 0 Å². The van der Waals surface area contributed by atoms with E-state index in [1.54, 1.807) is 42.3 Å². The second-order valence-electron chi connectivity index (χ2n) is 6.07. The first kappa shape index (κ1) is 17.0.